The zero-order valence-corrected chi connectivity index (χ0v) is 17.8. The van der Waals surface area contributed by atoms with Crippen LogP contribution >= 0.6 is 15.9 Å². The van der Waals surface area contributed by atoms with Crippen molar-refractivity contribution < 1.29 is 19.1 Å². The van der Waals surface area contributed by atoms with Gasteiger partial charge in [-0.2, -0.15) is 0 Å². The van der Waals surface area contributed by atoms with Crippen molar-refractivity contribution in [2.75, 3.05) is 19.7 Å². The number of carbonyl (C=O) groups is 3. The minimum atomic E-state index is -1.23. The number of rotatable bonds is 7. The molecule has 3 rings (SSSR count). The van der Waals surface area contributed by atoms with Crippen molar-refractivity contribution in [1.29, 1.82) is 0 Å². The number of benzene rings is 2. The van der Waals surface area contributed by atoms with Crippen molar-refractivity contribution in [3.05, 3.63) is 64.1 Å². The summed E-state index contributed by atoms with van der Waals surface area (Å²) in [7, 11) is 0. The lowest BCUT2D eigenvalue weighted by atomic mass is 9.92. The first-order chi connectivity index (χ1) is 13.8. The van der Waals surface area contributed by atoms with E-state index >= 15 is 0 Å². The first-order valence-electron chi connectivity index (χ1n) is 9.16. The van der Waals surface area contributed by atoms with E-state index in [0.29, 0.717) is 10.0 Å². The van der Waals surface area contributed by atoms with Crippen molar-refractivity contribution in [1.82, 2.24) is 15.5 Å². The van der Waals surface area contributed by atoms with Crippen molar-refractivity contribution in [3.8, 4) is 5.75 Å². The molecule has 1 aliphatic rings. The van der Waals surface area contributed by atoms with E-state index < -0.39 is 23.4 Å². The molecule has 152 valence electrons. The molecule has 0 aliphatic carbocycles. The molecule has 29 heavy (non-hydrogen) atoms. The Balaban J connectivity index is 1.54. The van der Waals surface area contributed by atoms with Gasteiger partial charge in [-0.15, -0.1) is 0 Å². The quantitative estimate of drug-likeness (QED) is 0.492. The maximum atomic E-state index is 12.9. The number of nitrogens with one attached hydrogen (secondary N) is 2. The Morgan fingerprint density at radius 1 is 1.21 bits per heavy atom. The summed E-state index contributed by atoms with van der Waals surface area (Å²) >= 11 is 3.41. The number of nitrogens with zero attached hydrogens (tertiary/aromatic N) is 1. The van der Waals surface area contributed by atoms with Gasteiger partial charge in [0.05, 0.1) is 6.54 Å². The van der Waals surface area contributed by atoms with Gasteiger partial charge in [-0.25, -0.2) is 4.79 Å². The van der Waals surface area contributed by atoms with E-state index in [1.807, 2.05) is 37.3 Å². The Kier molecular flexibility index (Phi) is 6.22. The van der Waals surface area contributed by atoms with E-state index in [1.165, 1.54) is 0 Å². The average molecular weight is 460 g/mol. The Morgan fingerprint density at radius 3 is 2.69 bits per heavy atom. The lowest BCUT2D eigenvalue weighted by molar-refractivity contribution is -0.134. The topological polar surface area (TPSA) is 87.7 Å². The van der Waals surface area contributed by atoms with Crippen LogP contribution in [0, 0.1) is 6.92 Å². The highest BCUT2D eigenvalue weighted by molar-refractivity contribution is 9.10. The van der Waals surface area contributed by atoms with Gasteiger partial charge in [0, 0.05) is 10.0 Å². The zero-order chi connectivity index (χ0) is 21.0. The molecule has 0 aromatic heterocycles. The minimum absolute atomic E-state index is 0.262. The Hall–Kier alpha value is -2.87. The monoisotopic (exact) mass is 459 g/mol. The summed E-state index contributed by atoms with van der Waals surface area (Å²) in [6, 6.07) is 14.2. The van der Waals surface area contributed by atoms with Crippen LogP contribution in [-0.4, -0.2) is 42.4 Å². The van der Waals surface area contributed by atoms with Gasteiger partial charge in [-0.3, -0.25) is 14.5 Å². The molecular weight excluding hydrogens is 438 g/mol. The van der Waals surface area contributed by atoms with Gasteiger partial charge in [0.15, 0.2) is 0 Å². The standard InChI is InChI=1S/C21H22BrN3O4/c1-14-6-5-7-15(12-14)29-11-10-23-18(26)13-25-19(27)21(2,24-20(25)28)16-8-3-4-9-17(16)22/h3-9,12H,10-11,13H2,1-2H3,(H,23,26)(H,24,28). The lowest BCUT2D eigenvalue weighted by Gasteiger charge is -2.23. The van der Waals surface area contributed by atoms with Crippen LogP contribution in [0.15, 0.2) is 53.0 Å². The molecule has 8 heteroatoms. The third kappa shape index (κ3) is 4.59. The molecule has 1 saturated heterocycles. The molecule has 1 heterocycles. The van der Waals surface area contributed by atoms with Crippen LogP contribution in [0.4, 0.5) is 4.79 Å². The number of imide groups is 1. The number of carbonyl (C=O) groups excluding carboxylic acids is 3. The van der Waals surface area contributed by atoms with Gasteiger partial charge >= 0.3 is 6.03 Å². The van der Waals surface area contributed by atoms with Crippen LogP contribution in [0.5, 0.6) is 5.75 Å². The molecule has 7 nitrogen and oxygen atoms in total. The summed E-state index contributed by atoms with van der Waals surface area (Å²) < 4.78 is 6.28. The first kappa shape index (κ1) is 20.9. The van der Waals surface area contributed by atoms with Gasteiger partial charge < -0.3 is 15.4 Å². The van der Waals surface area contributed by atoms with Gasteiger partial charge in [0.1, 0.15) is 24.4 Å². The fourth-order valence-corrected chi connectivity index (χ4v) is 3.84. The van der Waals surface area contributed by atoms with E-state index in [0.717, 1.165) is 16.2 Å². The highest BCUT2D eigenvalue weighted by Gasteiger charge is 2.50. The van der Waals surface area contributed by atoms with Crippen LogP contribution in [0.2, 0.25) is 0 Å². The fraction of sp³-hybridized carbons (Fsp3) is 0.286. The highest BCUT2D eigenvalue weighted by Crippen LogP contribution is 2.33. The lowest BCUT2D eigenvalue weighted by Crippen LogP contribution is -2.44. The van der Waals surface area contributed by atoms with Crippen LogP contribution in [0.1, 0.15) is 18.1 Å². The summed E-state index contributed by atoms with van der Waals surface area (Å²) in [5.74, 6) is -0.184. The number of hydrogen-bond acceptors (Lipinski definition) is 4. The molecule has 1 aliphatic heterocycles. The van der Waals surface area contributed by atoms with E-state index in [-0.39, 0.29) is 19.7 Å². The van der Waals surface area contributed by atoms with Gasteiger partial charge in [0.25, 0.3) is 5.91 Å². The zero-order valence-electron chi connectivity index (χ0n) is 16.2. The normalized spacial score (nSPS) is 18.5. The van der Waals surface area contributed by atoms with Gasteiger partial charge in [0.2, 0.25) is 5.91 Å². The van der Waals surface area contributed by atoms with Crippen molar-refractivity contribution in [2.45, 2.75) is 19.4 Å². The summed E-state index contributed by atoms with van der Waals surface area (Å²) in [5, 5.41) is 5.36. The molecule has 2 aromatic rings. The molecule has 0 bridgehead atoms. The number of ether oxygens (including phenoxy) is 1. The Morgan fingerprint density at radius 2 is 1.97 bits per heavy atom. The summed E-state index contributed by atoms with van der Waals surface area (Å²) in [6.07, 6.45) is 0. The second-order valence-corrected chi connectivity index (χ2v) is 7.80. The summed E-state index contributed by atoms with van der Waals surface area (Å²) in [6.45, 7) is 3.78. The third-order valence-corrected chi connectivity index (χ3v) is 5.36. The number of amides is 4. The summed E-state index contributed by atoms with van der Waals surface area (Å²) in [5.41, 5.74) is 0.483. The molecular formula is C21H22BrN3O4. The van der Waals surface area contributed by atoms with Crippen molar-refractivity contribution >= 4 is 33.8 Å². The molecule has 1 fully saturated rings. The number of hydrogen-bond donors (Lipinski definition) is 2. The maximum absolute atomic E-state index is 12.9. The number of aryl methyl sites for hydroxylation is 1. The maximum Gasteiger partial charge on any atom is 0.325 e. The molecule has 0 spiro atoms. The molecule has 1 unspecified atom stereocenters. The van der Waals surface area contributed by atoms with Gasteiger partial charge in [-0.05, 0) is 37.6 Å². The average Bonchev–Trinajstić information content (AvgIpc) is 2.89. The molecule has 0 radical (unpaired) electrons. The molecule has 4 amide bonds. The predicted octanol–water partition coefficient (Wildman–Crippen LogP) is 2.72. The van der Waals surface area contributed by atoms with E-state index in [2.05, 4.69) is 26.6 Å². The van der Waals surface area contributed by atoms with Crippen LogP contribution in [0.25, 0.3) is 0 Å². The number of urea groups is 1. The van der Waals surface area contributed by atoms with E-state index in [1.54, 1.807) is 25.1 Å². The van der Waals surface area contributed by atoms with E-state index in [9.17, 15) is 14.4 Å². The largest absolute Gasteiger partial charge is 0.492 e. The predicted molar refractivity (Wildman–Crippen MR) is 111 cm³/mol. The first-order valence-corrected chi connectivity index (χ1v) is 9.96. The minimum Gasteiger partial charge on any atom is -0.492 e. The van der Waals surface area contributed by atoms with Crippen molar-refractivity contribution in [2.24, 2.45) is 0 Å². The van der Waals surface area contributed by atoms with Gasteiger partial charge in [-0.1, -0.05) is 46.3 Å². The van der Waals surface area contributed by atoms with Crippen LogP contribution in [-0.2, 0) is 15.1 Å². The second kappa shape index (κ2) is 8.65. The Labute approximate surface area is 177 Å². The Bertz CT molecular complexity index is 949. The smallest absolute Gasteiger partial charge is 0.325 e. The third-order valence-electron chi connectivity index (χ3n) is 4.67. The highest BCUT2D eigenvalue weighted by atomic mass is 79.9. The number of halogens is 1. The van der Waals surface area contributed by atoms with Crippen LogP contribution in [0.3, 0.4) is 0 Å². The van der Waals surface area contributed by atoms with E-state index in [4.69, 9.17) is 4.74 Å². The molecule has 0 saturated carbocycles. The van der Waals surface area contributed by atoms with Crippen LogP contribution < -0.4 is 15.4 Å². The second-order valence-electron chi connectivity index (χ2n) is 6.94. The fourth-order valence-electron chi connectivity index (χ4n) is 3.15. The van der Waals surface area contributed by atoms with Crippen molar-refractivity contribution in [3.63, 3.8) is 0 Å². The molecule has 2 aromatic carbocycles. The molecule has 2 N–H and O–H groups in total. The SMILES string of the molecule is Cc1cccc(OCCNC(=O)CN2C(=O)NC(C)(c3ccccc3Br)C2=O)c1. The summed E-state index contributed by atoms with van der Waals surface area (Å²) in [4.78, 5) is 38.4. The molecule has 1 atom stereocenters.